The average Bonchev–Trinajstić information content (AvgIpc) is 3.05. The summed E-state index contributed by atoms with van der Waals surface area (Å²) in [7, 11) is 0. The normalized spacial score (nSPS) is 15.2. The fourth-order valence-corrected chi connectivity index (χ4v) is 2.61. The smallest absolute Gasteiger partial charge is 0.222 e. The number of benzene rings is 1. The Bertz CT molecular complexity index is 890. The number of para-hydroxylation sites is 2. The zero-order valence-electron chi connectivity index (χ0n) is 12.8. The molecule has 0 amide bonds. The number of aromatic amines is 1. The lowest BCUT2D eigenvalue weighted by Gasteiger charge is -2.11. The molecule has 2 heterocycles. The van der Waals surface area contributed by atoms with Gasteiger partial charge in [0.15, 0.2) is 4.77 Å². The van der Waals surface area contributed by atoms with E-state index in [9.17, 15) is 5.11 Å². The number of nitrogens with zero attached hydrogens (tertiary/aromatic N) is 3. The maximum atomic E-state index is 10.6. The second-order valence-electron chi connectivity index (χ2n) is 4.96. The minimum Gasteiger partial charge on any atom is -0.493 e. The SMILES string of the molecule is CCOc1ccccc1-n1c(O)c(/C=C2/C=C(C)N=N2)[nH]c1=S. The molecule has 7 heteroatoms. The second kappa shape index (κ2) is 6.21. The summed E-state index contributed by atoms with van der Waals surface area (Å²) in [5, 5.41) is 18.5. The lowest BCUT2D eigenvalue weighted by Crippen LogP contribution is -2.00. The minimum atomic E-state index is 0.00260. The molecular weight excluding hydrogens is 312 g/mol. The first-order valence-corrected chi connectivity index (χ1v) is 7.59. The number of rotatable bonds is 4. The summed E-state index contributed by atoms with van der Waals surface area (Å²) in [6.07, 6.45) is 3.52. The van der Waals surface area contributed by atoms with Crippen LogP contribution in [-0.4, -0.2) is 21.3 Å². The first kappa shape index (κ1) is 15.2. The van der Waals surface area contributed by atoms with E-state index >= 15 is 0 Å². The maximum Gasteiger partial charge on any atom is 0.222 e. The van der Waals surface area contributed by atoms with Gasteiger partial charge in [-0.05, 0) is 50.4 Å². The largest absolute Gasteiger partial charge is 0.493 e. The van der Waals surface area contributed by atoms with Crippen molar-refractivity contribution in [2.45, 2.75) is 13.8 Å². The molecule has 0 fully saturated rings. The maximum absolute atomic E-state index is 10.6. The van der Waals surface area contributed by atoms with Gasteiger partial charge >= 0.3 is 0 Å². The molecule has 1 aliphatic heterocycles. The van der Waals surface area contributed by atoms with Gasteiger partial charge in [0.2, 0.25) is 5.88 Å². The number of azo groups is 1. The van der Waals surface area contributed by atoms with E-state index in [2.05, 4.69) is 15.2 Å². The summed E-state index contributed by atoms with van der Waals surface area (Å²) in [6, 6.07) is 7.41. The molecule has 0 bridgehead atoms. The predicted molar refractivity (Wildman–Crippen MR) is 90.4 cm³/mol. The number of aromatic hydroxyl groups is 1. The van der Waals surface area contributed by atoms with Crippen LogP contribution in [0.1, 0.15) is 19.5 Å². The van der Waals surface area contributed by atoms with E-state index in [1.165, 1.54) is 4.57 Å². The average molecular weight is 328 g/mol. The molecule has 6 nitrogen and oxygen atoms in total. The fourth-order valence-electron chi connectivity index (χ4n) is 2.31. The molecule has 3 rings (SSSR count). The van der Waals surface area contributed by atoms with Crippen molar-refractivity contribution in [3.63, 3.8) is 0 Å². The van der Waals surface area contributed by atoms with Crippen LogP contribution in [-0.2, 0) is 0 Å². The molecule has 0 aliphatic carbocycles. The molecule has 1 aliphatic rings. The van der Waals surface area contributed by atoms with Gasteiger partial charge < -0.3 is 14.8 Å². The summed E-state index contributed by atoms with van der Waals surface area (Å²) in [6.45, 7) is 4.29. The Kier molecular flexibility index (Phi) is 4.12. The molecule has 2 aromatic rings. The Morgan fingerprint density at radius 3 is 2.83 bits per heavy atom. The van der Waals surface area contributed by atoms with Gasteiger partial charge in [-0.25, -0.2) is 0 Å². The summed E-state index contributed by atoms with van der Waals surface area (Å²) >= 11 is 5.34. The number of imidazole rings is 1. The van der Waals surface area contributed by atoms with Crippen LogP contribution in [0.3, 0.4) is 0 Å². The highest BCUT2D eigenvalue weighted by atomic mass is 32.1. The van der Waals surface area contributed by atoms with E-state index in [-0.39, 0.29) is 5.88 Å². The van der Waals surface area contributed by atoms with E-state index in [0.717, 1.165) is 5.70 Å². The fraction of sp³-hybridized carbons (Fsp3) is 0.188. The molecule has 0 unspecified atom stereocenters. The Morgan fingerprint density at radius 2 is 2.13 bits per heavy atom. The molecule has 0 atom stereocenters. The van der Waals surface area contributed by atoms with Crippen molar-refractivity contribution in [2.24, 2.45) is 10.2 Å². The van der Waals surface area contributed by atoms with E-state index in [4.69, 9.17) is 17.0 Å². The number of allylic oxidation sites excluding steroid dienone is 2. The third-order valence-electron chi connectivity index (χ3n) is 3.28. The zero-order chi connectivity index (χ0) is 16.4. The highest BCUT2D eigenvalue weighted by Gasteiger charge is 2.15. The molecule has 23 heavy (non-hydrogen) atoms. The lowest BCUT2D eigenvalue weighted by molar-refractivity contribution is 0.337. The minimum absolute atomic E-state index is 0.00260. The van der Waals surface area contributed by atoms with Crippen LogP contribution in [0.25, 0.3) is 11.8 Å². The van der Waals surface area contributed by atoms with Crippen LogP contribution in [0.2, 0.25) is 0 Å². The van der Waals surface area contributed by atoms with Crippen LogP contribution < -0.4 is 4.74 Å². The Hall–Kier alpha value is -2.67. The van der Waals surface area contributed by atoms with Crippen molar-refractivity contribution in [3.05, 3.63) is 52.2 Å². The van der Waals surface area contributed by atoms with Gasteiger partial charge in [-0.1, -0.05) is 12.1 Å². The highest BCUT2D eigenvalue weighted by Crippen LogP contribution is 2.31. The Morgan fingerprint density at radius 1 is 1.35 bits per heavy atom. The molecule has 1 aromatic carbocycles. The zero-order valence-corrected chi connectivity index (χ0v) is 13.6. The summed E-state index contributed by atoms with van der Waals surface area (Å²) in [5.74, 6) is 0.652. The van der Waals surface area contributed by atoms with Crippen LogP contribution in [0, 0.1) is 4.77 Å². The molecular formula is C16H16N4O2S. The molecule has 0 saturated heterocycles. The number of H-pyrrole nitrogens is 1. The third-order valence-corrected chi connectivity index (χ3v) is 3.56. The van der Waals surface area contributed by atoms with Crippen LogP contribution in [0.4, 0.5) is 0 Å². The quantitative estimate of drug-likeness (QED) is 0.819. The van der Waals surface area contributed by atoms with Crippen molar-refractivity contribution in [1.82, 2.24) is 9.55 Å². The monoisotopic (exact) mass is 328 g/mol. The van der Waals surface area contributed by atoms with Gasteiger partial charge in [-0.2, -0.15) is 10.2 Å². The lowest BCUT2D eigenvalue weighted by atomic mass is 10.3. The number of ether oxygens (including phenoxy) is 1. The summed E-state index contributed by atoms with van der Waals surface area (Å²) in [4.78, 5) is 2.99. The van der Waals surface area contributed by atoms with Crippen molar-refractivity contribution in [2.75, 3.05) is 6.61 Å². The molecule has 0 radical (unpaired) electrons. The standard InChI is InChI=1S/C16H16N4O2S/c1-3-22-14-7-5-4-6-13(14)20-15(21)12(17-16(20)23)9-11-8-10(2)18-19-11/h4-9,21H,3H2,1-2H3,(H,17,23)/b11-9-. The summed E-state index contributed by atoms with van der Waals surface area (Å²) < 4.78 is 7.52. The molecule has 2 N–H and O–H groups in total. The van der Waals surface area contributed by atoms with Gasteiger partial charge in [-0.15, -0.1) is 0 Å². The van der Waals surface area contributed by atoms with E-state index in [1.54, 1.807) is 6.08 Å². The first-order valence-electron chi connectivity index (χ1n) is 7.18. The van der Waals surface area contributed by atoms with E-state index in [0.29, 0.717) is 34.2 Å². The number of hydrogen-bond acceptors (Lipinski definition) is 5. The van der Waals surface area contributed by atoms with Gasteiger partial charge in [0.05, 0.1) is 23.7 Å². The number of aromatic nitrogens is 2. The van der Waals surface area contributed by atoms with E-state index in [1.807, 2.05) is 44.2 Å². The van der Waals surface area contributed by atoms with Gasteiger partial charge in [0, 0.05) is 0 Å². The third kappa shape index (κ3) is 2.95. The summed E-state index contributed by atoms with van der Waals surface area (Å²) in [5.41, 5.74) is 2.62. The van der Waals surface area contributed by atoms with Gasteiger partial charge in [0.1, 0.15) is 11.4 Å². The van der Waals surface area contributed by atoms with Crippen LogP contribution in [0.15, 0.2) is 52.0 Å². The van der Waals surface area contributed by atoms with E-state index < -0.39 is 0 Å². The van der Waals surface area contributed by atoms with Gasteiger partial charge in [0.25, 0.3) is 0 Å². The molecule has 1 aromatic heterocycles. The van der Waals surface area contributed by atoms with Crippen molar-refractivity contribution in [1.29, 1.82) is 0 Å². The molecule has 118 valence electrons. The molecule has 0 saturated carbocycles. The first-order chi connectivity index (χ1) is 11.1. The number of nitrogens with one attached hydrogen (secondary N) is 1. The number of hydrogen-bond donors (Lipinski definition) is 2. The second-order valence-corrected chi connectivity index (χ2v) is 5.35. The Balaban J connectivity index is 2.10. The van der Waals surface area contributed by atoms with Gasteiger partial charge in [-0.3, -0.25) is 4.57 Å². The van der Waals surface area contributed by atoms with Crippen molar-refractivity contribution < 1.29 is 9.84 Å². The molecule has 0 spiro atoms. The van der Waals surface area contributed by atoms with Crippen LogP contribution in [0.5, 0.6) is 11.6 Å². The Labute approximate surface area is 138 Å². The van der Waals surface area contributed by atoms with Crippen LogP contribution >= 0.6 is 12.2 Å². The topological polar surface area (TPSA) is 74.9 Å². The highest BCUT2D eigenvalue weighted by molar-refractivity contribution is 7.71. The van der Waals surface area contributed by atoms with Crippen molar-refractivity contribution in [3.8, 4) is 17.3 Å². The van der Waals surface area contributed by atoms with Crippen molar-refractivity contribution >= 4 is 18.3 Å². The predicted octanol–water partition coefficient (Wildman–Crippen LogP) is 4.35.